The molecule has 0 aromatic heterocycles. The third kappa shape index (κ3) is 3.57. The highest BCUT2D eigenvalue weighted by Crippen LogP contribution is 2.26. The third-order valence-corrected chi connectivity index (χ3v) is 3.48. The van der Waals surface area contributed by atoms with Gasteiger partial charge >= 0.3 is 0 Å². The Kier molecular flexibility index (Phi) is 4.76. The summed E-state index contributed by atoms with van der Waals surface area (Å²) in [6.07, 6.45) is 0. The smallest absolute Gasteiger partial charge is 0.0762 e. The summed E-state index contributed by atoms with van der Waals surface area (Å²) < 4.78 is 0. The van der Waals surface area contributed by atoms with E-state index >= 15 is 0 Å². The maximum Gasteiger partial charge on any atom is 0.0762 e. The lowest BCUT2D eigenvalue weighted by molar-refractivity contribution is 1.32. The van der Waals surface area contributed by atoms with Gasteiger partial charge in [-0.1, -0.05) is 34.8 Å². The van der Waals surface area contributed by atoms with Gasteiger partial charge in [0.15, 0.2) is 0 Å². The second kappa shape index (κ2) is 6.35. The van der Waals surface area contributed by atoms with Gasteiger partial charge in [-0.3, -0.25) is 5.43 Å². The standard InChI is InChI=1S/C14H12Cl3N3/c1-8(11-6-9(15)3-5-13(11)18)19-20-14-7-10(16)2-4-12(14)17/h2-7,20H,18H2,1H3/b19-8+. The zero-order valence-corrected chi connectivity index (χ0v) is 12.9. The maximum atomic E-state index is 6.05. The van der Waals surface area contributed by atoms with Gasteiger partial charge in [0.1, 0.15) is 0 Å². The third-order valence-electron chi connectivity index (χ3n) is 2.68. The predicted molar refractivity (Wildman–Crippen MR) is 88.2 cm³/mol. The van der Waals surface area contributed by atoms with Crippen LogP contribution in [0.25, 0.3) is 0 Å². The number of rotatable bonds is 3. The minimum absolute atomic E-state index is 0.532. The van der Waals surface area contributed by atoms with Crippen LogP contribution in [0, 0.1) is 0 Å². The first-order chi connectivity index (χ1) is 9.47. The molecule has 3 N–H and O–H groups in total. The fourth-order valence-corrected chi connectivity index (χ4v) is 2.13. The molecule has 0 bridgehead atoms. The summed E-state index contributed by atoms with van der Waals surface area (Å²) in [7, 11) is 0. The van der Waals surface area contributed by atoms with Gasteiger partial charge in [-0.2, -0.15) is 5.10 Å². The van der Waals surface area contributed by atoms with E-state index in [0.717, 1.165) is 5.56 Å². The number of anilines is 2. The first kappa shape index (κ1) is 15.0. The Hall–Kier alpha value is -1.42. The molecule has 20 heavy (non-hydrogen) atoms. The van der Waals surface area contributed by atoms with Gasteiger partial charge in [0.05, 0.1) is 16.4 Å². The molecule has 0 aliphatic carbocycles. The molecule has 0 radical (unpaired) electrons. The Morgan fingerprint density at radius 2 is 1.70 bits per heavy atom. The van der Waals surface area contributed by atoms with Gasteiger partial charge < -0.3 is 5.73 Å². The highest BCUT2D eigenvalue weighted by atomic mass is 35.5. The molecule has 0 atom stereocenters. The van der Waals surface area contributed by atoms with Crippen LogP contribution in [0.1, 0.15) is 12.5 Å². The zero-order valence-electron chi connectivity index (χ0n) is 10.6. The van der Waals surface area contributed by atoms with Crippen molar-refractivity contribution in [3.05, 3.63) is 57.0 Å². The van der Waals surface area contributed by atoms with E-state index in [1.165, 1.54) is 0 Å². The summed E-state index contributed by atoms with van der Waals surface area (Å²) in [4.78, 5) is 0. The van der Waals surface area contributed by atoms with Crippen LogP contribution >= 0.6 is 34.8 Å². The largest absolute Gasteiger partial charge is 0.398 e. The Morgan fingerprint density at radius 3 is 2.45 bits per heavy atom. The number of benzene rings is 2. The molecular formula is C14H12Cl3N3. The molecule has 0 saturated carbocycles. The van der Waals surface area contributed by atoms with Gasteiger partial charge in [-0.25, -0.2) is 0 Å². The highest BCUT2D eigenvalue weighted by molar-refractivity contribution is 6.35. The minimum Gasteiger partial charge on any atom is -0.398 e. The van der Waals surface area contributed by atoms with Crippen LogP contribution in [-0.2, 0) is 0 Å². The van der Waals surface area contributed by atoms with Gasteiger partial charge in [0.25, 0.3) is 0 Å². The maximum absolute atomic E-state index is 6.05. The molecule has 6 heteroatoms. The summed E-state index contributed by atoms with van der Waals surface area (Å²) in [6.45, 7) is 1.83. The van der Waals surface area contributed by atoms with E-state index in [2.05, 4.69) is 10.5 Å². The van der Waals surface area contributed by atoms with Crippen LogP contribution in [0.15, 0.2) is 41.5 Å². The number of hydrogen-bond donors (Lipinski definition) is 2. The summed E-state index contributed by atoms with van der Waals surface area (Å²) in [5, 5.41) is 5.96. The van der Waals surface area contributed by atoms with Gasteiger partial charge in [-0.15, -0.1) is 0 Å². The molecule has 2 aromatic rings. The van der Waals surface area contributed by atoms with Crippen molar-refractivity contribution >= 4 is 51.9 Å². The van der Waals surface area contributed by atoms with E-state index in [-0.39, 0.29) is 0 Å². The van der Waals surface area contributed by atoms with Crippen LogP contribution in [-0.4, -0.2) is 5.71 Å². The van der Waals surface area contributed by atoms with Crippen LogP contribution in [0.3, 0.4) is 0 Å². The monoisotopic (exact) mass is 327 g/mol. The van der Waals surface area contributed by atoms with Crippen molar-refractivity contribution in [3.8, 4) is 0 Å². The molecular weight excluding hydrogens is 317 g/mol. The van der Waals surface area contributed by atoms with Crippen molar-refractivity contribution in [2.45, 2.75) is 6.92 Å². The normalized spacial score (nSPS) is 11.5. The number of hydrazone groups is 1. The van der Waals surface area contributed by atoms with E-state index in [4.69, 9.17) is 40.5 Å². The second-order valence-corrected chi connectivity index (χ2v) is 5.44. The number of halogens is 3. The number of nitrogens with one attached hydrogen (secondary N) is 1. The van der Waals surface area contributed by atoms with Crippen molar-refractivity contribution in [2.75, 3.05) is 11.2 Å². The molecule has 0 heterocycles. The Morgan fingerprint density at radius 1 is 1.05 bits per heavy atom. The molecule has 0 amide bonds. The minimum atomic E-state index is 0.532. The SMILES string of the molecule is C/C(=N\Nc1cc(Cl)ccc1Cl)c1cc(Cl)ccc1N. The van der Waals surface area contributed by atoms with E-state index in [9.17, 15) is 0 Å². The van der Waals surface area contributed by atoms with Crippen molar-refractivity contribution in [2.24, 2.45) is 5.10 Å². The number of nitrogens with zero attached hydrogens (tertiary/aromatic N) is 1. The molecule has 0 unspecified atom stereocenters. The van der Waals surface area contributed by atoms with Gasteiger partial charge in [0.2, 0.25) is 0 Å². The average molecular weight is 329 g/mol. The zero-order chi connectivity index (χ0) is 14.7. The quantitative estimate of drug-likeness (QED) is 0.470. The summed E-state index contributed by atoms with van der Waals surface area (Å²) in [5.74, 6) is 0. The molecule has 0 spiro atoms. The molecule has 0 aliphatic heterocycles. The molecule has 104 valence electrons. The first-order valence-corrected chi connectivity index (χ1v) is 6.91. The van der Waals surface area contributed by atoms with Crippen molar-refractivity contribution in [1.29, 1.82) is 0 Å². The second-order valence-electron chi connectivity index (χ2n) is 4.16. The summed E-state index contributed by atoms with van der Waals surface area (Å²) >= 11 is 17.9. The topological polar surface area (TPSA) is 50.4 Å². The Labute approximate surface area is 132 Å². The van der Waals surface area contributed by atoms with E-state index < -0.39 is 0 Å². The van der Waals surface area contributed by atoms with E-state index in [1.54, 1.807) is 36.4 Å². The molecule has 2 rings (SSSR count). The van der Waals surface area contributed by atoms with E-state index in [0.29, 0.717) is 32.2 Å². The molecule has 0 aliphatic rings. The van der Waals surface area contributed by atoms with Crippen LogP contribution < -0.4 is 11.2 Å². The number of hydrogen-bond acceptors (Lipinski definition) is 3. The van der Waals surface area contributed by atoms with Crippen LogP contribution in [0.4, 0.5) is 11.4 Å². The first-order valence-electron chi connectivity index (χ1n) is 5.78. The van der Waals surface area contributed by atoms with Crippen LogP contribution in [0.5, 0.6) is 0 Å². The summed E-state index contributed by atoms with van der Waals surface area (Å²) in [6, 6.07) is 10.3. The van der Waals surface area contributed by atoms with Crippen molar-refractivity contribution in [3.63, 3.8) is 0 Å². The summed E-state index contributed by atoms with van der Waals surface area (Å²) in [5.41, 5.74) is 11.5. The van der Waals surface area contributed by atoms with Crippen molar-refractivity contribution < 1.29 is 0 Å². The Bertz CT molecular complexity index is 669. The fraction of sp³-hybridized carbons (Fsp3) is 0.0714. The average Bonchev–Trinajstić information content (AvgIpc) is 2.42. The molecule has 0 fully saturated rings. The predicted octanol–water partition coefficient (Wildman–Crippen LogP) is 5.07. The number of nitrogens with two attached hydrogens (primary N) is 1. The Balaban J connectivity index is 2.27. The van der Waals surface area contributed by atoms with Gasteiger partial charge in [-0.05, 0) is 43.3 Å². The van der Waals surface area contributed by atoms with E-state index in [1.807, 2.05) is 6.92 Å². The van der Waals surface area contributed by atoms with Crippen molar-refractivity contribution in [1.82, 2.24) is 0 Å². The van der Waals surface area contributed by atoms with Gasteiger partial charge in [0, 0.05) is 21.3 Å². The lowest BCUT2D eigenvalue weighted by Crippen LogP contribution is -2.04. The van der Waals surface area contributed by atoms with Crippen LogP contribution in [0.2, 0.25) is 15.1 Å². The number of nitrogen functional groups attached to an aromatic ring is 1. The lowest BCUT2D eigenvalue weighted by atomic mass is 10.1. The fourth-order valence-electron chi connectivity index (χ4n) is 1.63. The molecule has 3 nitrogen and oxygen atoms in total. The highest BCUT2D eigenvalue weighted by Gasteiger charge is 2.05. The molecule has 2 aromatic carbocycles. The molecule has 0 saturated heterocycles. The lowest BCUT2D eigenvalue weighted by Gasteiger charge is -2.08.